The number of amides is 1. The van der Waals surface area contributed by atoms with E-state index < -0.39 is 5.60 Å². The zero-order valence-corrected chi connectivity index (χ0v) is 11.8. The molecule has 1 atom stereocenters. The van der Waals surface area contributed by atoms with E-state index >= 15 is 0 Å². The molecule has 0 aromatic heterocycles. The van der Waals surface area contributed by atoms with Crippen molar-refractivity contribution in [2.24, 2.45) is 11.8 Å². The molecule has 2 rings (SSSR count). The van der Waals surface area contributed by atoms with Crippen LogP contribution in [0.1, 0.15) is 40.0 Å². The summed E-state index contributed by atoms with van der Waals surface area (Å²) in [7, 11) is 0. The molecular formula is C14H25NO3. The Kier molecular flexibility index (Phi) is 4.15. The lowest BCUT2D eigenvalue weighted by Gasteiger charge is -2.24. The van der Waals surface area contributed by atoms with Crippen molar-refractivity contribution in [1.29, 1.82) is 0 Å². The molecule has 1 aliphatic heterocycles. The third-order valence-corrected chi connectivity index (χ3v) is 3.34. The van der Waals surface area contributed by atoms with Crippen LogP contribution in [0.2, 0.25) is 0 Å². The number of ether oxygens (including phenoxy) is 2. The maximum absolute atomic E-state index is 11.9. The van der Waals surface area contributed by atoms with E-state index in [0.29, 0.717) is 5.92 Å². The second-order valence-electron chi connectivity index (χ2n) is 6.56. The van der Waals surface area contributed by atoms with Crippen LogP contribution in [-0.4, -0.2) is 42.9 Å². The molecule has 1 saturated heterocycles. The molecule has 0 spiro atoms. The second-order valence-corrected chi connectivity index (χ2v) is 6.56. The summed E-state index contributed by atoms with van der Waals surface area (Å²) in [6, 6.07) is 0. The highest BCUT2D eigenvalue weighted by molar-refractivity contribution is 5.68. The summed E-state index contributed by atoms with van der Waals surface area (Å²) in [6.07, 6.45) is 3.50. The van der Waals surface area contributed by atoms with Gasteiger partial charge in [0.2, 0.25) is 0 Å². The minimum absolute atomic E-state index is 0.188. The van der Waals surface area contributed by atoms with Gasteiger partial charge in [0.1, 0.15) is 5.60 Å². The highest BCUT2D eigenvalue weighted by Gasteiger charge is 2.30. The fourth-order valence-corrected chi connectivity index (χ4v) is 2.15. The Morgan fingerprint density at radius 2 is 1.83 bits per heavy atom. The Bertz CT molecular complexity index is 294. The van der Waals surface area contributed by atoms with E-state index in [1.165, 1.54) is 12.8 Å². The molecule has 1 amide bonds. The number of carbonyl (C=O) groups is 1. The van der Waals surface area contributed by atoms with Crippen LogP contribution in [0.3, 0.4) is 0 Å². The molecule has 0 N–H and O–H groups in total. The third-order valence-electron chi connectivity index (χ3n) is 3.34. The van der Waals surface area contributed by atoms with Gasteiger partial charge in [-0.15, -0.1) is 0 Å². The van der Waals surface area contributed by atoms with Gasteiger partial charge in [0.25, 0.3) is 0 Å². The number of hydrogen-bond donors (Lipinski definition) is 0. The smallest absolute Gasteiger partial charge is 0.410 e. The van der Waals surface area contributed by atoms with Crippen LogP contribution in [0.4, 0.5) is 4.79 Å². The van der Waals surface area contributed by atoms with Crippen molar-refractivity contribution < 1.29 is 14.3 Å². The van der Waals surface area contributed by atoms with Crippen LogP contribution in [0.5, 0.6) is 0 Å². The summed E-state index contributed by atoms with van der Waals surface area (Å²) in [4.78, 5) is 13.7. The first-order valence-electron chi connectivity index (χ1n) is 7.00. The Morgan fingerprint density at radius 3 is 2.44 bits per heavy atom. The first-order valence-corrected chi connectivity index (χ1v) is 7.00. The van der Waals surface area contributed by atoms with Crippen LogP contribution >= 0.6 is 0 Å². The molecular weight excluding hydrogens is 230 g/mol. The average molecular weight is 255 g/mol. The number of nitrogens with zero attached hydrogens (tertiary/aromatic N) is 1. The molecule has 0 aromatic rings. The highest BCUT2D eigenvalue weighted by atomic mass is 16.6. The zero-order chi connectivity index (χ0) is 13.2. The molecule has 104 valence electrons. The van der Waals surface area contributed by atoms with E-state index in [4.69, 9.17) is 9.47 Å². The number of rotatable bonds is 4. The van der Waals surface area contributed by atoms with Crippen molar-refractivity contribution in [3.8, 4) is 0 Å². The topological polar surface area (TPSA) is 38.8 Å². The summed E-state index contributed by atoms with van der Waals surface area (Å²) in [5, 5.41) is 0. The SMILES string of the molecule is CC(C)(C)OC(=O)N1CCC(COCC2CC2)C1. The molecule has 1 heterocycles. The minimum Gasteiger partial charge on any atom is -0.444 e. The Morgan fingerprint density at radius 1 is 1.17 bits per heavy atom. The van der Waals surface area contributed by atoms with Crippen molar-refractivity contribution in [3.05, 3.63) is 0 Å². The first kappa shape index (κ1) is 13.7. The van der Waals surface area contributed by atoms with Crippen molar-refractivity contribution >= 4 is 6.09 Å². The van der Waals surface area contributed by atoms with Gasteiger partial charge in [-0.1, -0.05) is 0 Å². The largest absolute Gasteiger partial charge is 0.444 e. The fraction of sp³-hybridized carbons (Fsp3) is 0.929. The molecule has 0 aromatic carbocycles. The molecule has 1 unspecified atom stereocenters. The quantitative estimate of drug-likeness (QED) is 0.775. The van der Waals surface area contributed by atoms with Crippen LogP contribution in [0.15, 0.2) is 0 Å². The standard InChI is InChI=1S/C14H25NO3/c1-14(2,3)18-13(16)15-7-6-12(8-15)10-17-9-11-4-5-11/h11-12H,4-10H2,1-3H3. The summed E-state index contributed by atoms with van der Waals surface area (Å²) < 4.78 is 11.1. The van der Waals surface area contributed by atoms with Crippen LogP contribution in [0.25, 0.3) is 0 Å². The maximum Gasteiger partial charge on any atom is 0.410 e. The van der Waals surface area contributed by atoms with Crippen molar-refractivity contribution in [2.75, 3.05) is 26.3 Å². The van der Waals surface area contributed by atoms with Gasteiger partial charge in [-0.05, 0) is 46.0 Å². The summed E-state index contributed by atoms with van der Waals surface area (Å²) in [6.45, 7) is 8.97. The first-order chi connectivity index (χ1) is 8.44. The highest BCUT2D eigenvalue weighted by Crippen LogP contribution is 2.29. The lowest BCUT2D eigenvalue weighted by atomic mass is 10.1. The van der Waals surface area contributed by atoms with Gasteiger partial charge in [-0.3, -0.25) is 0 Å². The van der Waals surface area contributed by atoms with Crippen molar-refractivity contribution in [2.45, 2.75) is 45.6 Å². The summed E-state index contributed by atoms with van der Waals surface area (Å²) in [5.41, 5.74) is -0.405. The Labute approximate surface area is 110 Å². The van der Waals surface area contributed by atoms with E-state index in [1.807, 2.05) is 20.8 Å². The molecule has 4 nitrogen and oxygen atoms in total. The van der Waals surface area contributed by atoms with Crippen LogP contribution in [-0.2, 0) is 9.47 Å². The molecule has 0 bridgehead atoms. The predicted octanol–water partition coefficient (Wildman–Crippen LogP) is 2.67. The van der Waals surface area contributed by atoms with Gasteiger partial charge in [0.15, 0.2) is 0 Å². The van der Waals surface area contributed by atoms with E-state index in [1.54, 1.807) is 4.90 Å². The van der Waals surface area contributed by atoms with Gasteiger partial charge in [0.05, 0.1) is 6.61 Å². The molecule has 18 heavy (non-hydrogen) atoms. The average Bonchev–Trinajstić information content (AvgIpc) is 2.92. The minimum atomic E-state index is -0.405. The van der Waals surface area contributed by atoms with Gasteiger partial charge >= 0.3 is 6.09 Å². The molecule has 4 heteroatoms. The van der Waals surface area contributed by atoms with Gasteiger partial charge < -0.3 is 14.4 Å². The summed E-state index contributed by atoms with van der Waals surface area (Å²) in [5.74, 6) is 1.30. The third kappa shape index (κ3) is 4.48. The Hall–Kier alpha value is -0.770. The van der Waals surface area contributed by atoms with Gasteiger partial charge in [0, 0.05) is 25.6 Å². The van der Waals surface area contributed by atoms with E-state index in [9.17, 15) is 4.79 Å². The van der Waals surface area contributed by atoms with E-state index in [2.05, 4.69) is 0 Å². The molecule has 0 radical (unpaired) electrons. The fourth-order valence-electron chi connectivity index (χ4n) is 2.15. The van der Waals surface area contributed by atoms with E-state index in [-0.39, 0.29) is 6.09 Å². The van der Waals surface area contributed by atoms with Crippen LogP contribution < -0.4 is 0 Å². The van der Waals surface area contributed by atoms with Crippen molar-refractivity contribution in [3.63, 3.8) is 0 Å². The van der Waals surface area contributed by atoms with Crippen LogP contribution in [0, 0.1) is 11.8 Å². The second kappa shape index (κ2) is 5.47. The molecule has 2 aliphatic rings. The predicted molar refractivity (Wildman–Crippen MR) is 69.5 cm³/mol. The lowest BCUT2D eigenvalue weighted by molar-refractivity contribution is 0.0273. The Balaban J connectivity index is 1.65. The number of hydrogen-bond acceptors (Lipinski definition) is 3. The normalized spacial score (nSPS) is 24.4. The zero-order valence-electron chi connectivity index (χ0n) is 11.8. The lowest BCUT2D eigenvalue weighted by Crippen LogP contribution is -2.35. The van der Waals surface area contributed by atoms with Gasteiger partial charge in [-0.25, -0.2) is 4.79 Å². The summed E-state index contributed by atoms with van der Waals surface area (Å²) >= 11 is 0. The molecule has 1 saturated carbocycles. The molecule has 2 fully saturated rings. The van der Waals surface area contributed by atoms with Gasteiger partial charge in [-0.2, -0.15) is 0 Å². The monoisotopic (exact) mass is 255 g/mol. The number of likely N-dealkylation sites (tertiary alicyclic amines) is 1. The van der Waals surface area contributed by atoms with E-state index in [0.717, 1.165) is 38.6 Å². The number of carbonyl (C=O) groups excluding carboxylic acids is 1. The van der Waals surface area contributed by atoms with Crippen molar-refractivity contribution in [1.82, 2.24) is 4.90 Å². The maximum atomic E-state index is 11.9. The molecule has 1 aliphatic carbocycles.